The fourth-order valence-corrected chi connectivity index (χ4v) is 8.46. The van der Waals surface area contributed by atoms with Crippen molar-refractivity contribution in [3.8, 4) is 0 Å². The van der Waals surface area contributed by atoms with Gasteiger partial charge in [-0.2, -0.15) is 0 Å². The molecule has 4 N–H and O–H groups in total. The third kappa shape index (κ3) is 4.19. The first-order chi connectivity index (χ1) is 17.5. The number of carbonyl (C=O) groups excluding carboxylic acids is 3. The minimum absolute atomic E-state index is 0.00457. The Morgan fingerprint density at radius 2 is 1.86 bits per heavy atom. The van der Waals surface area contributed by atoms with Crippen molar-refractivity contribution in [1.82, 2.24) is 0 Å². The van der Waals surface area contributed by atoms with Gasteiger partial charge in [-0.1, -0.05) is 49.8 Å². The zero-order chi connectivity index (χ0) is 26.6. The largest absolute Gasteiger partial charge is 0.456 e. The Morgan fingerprint density at radius 3 is 2.59 bits per heavy atom. The molecule has 8 unspecified atom stereocenters. The lowest BCUT2D eigenvalue weighted by Crippen LogP contribution is -2.62. The van der Waals surface area contributed by atoms with Gasteiger partial charge in [0.2, 0.25) is 5.78 Å². The lowest BCUT2D eigenvalue weighted by atomic mass is 9.45. The molecule has 0 radical (unpaired) electrons. The standard InChI is InChI=1S/C30H39NO6/c1-28-12-10-20(32)15-19(28)8-9-21-22-11-13-30(36,29(22,2)16-24(33)26(21)28)25(34)17-37-27(35)23(31)14-18-6-4-3-5-7-18/h3-7,15,21-24,26,33,36H,8-14,16-17,31H2,1-2H3. The number of ketones is 2. The van der Waals surface area contributed by atoms with Gasteiger partial charge in [0.1, 0.15) is 11.6 Å². The first-order valence-electron chi connectivity index (χ1n) is 13.6. The van der Waals surface area contributed by atoms with E-state index in [2.05, 4.69) is 6.92 Å². The second-order valence-electron chi connectivity index (χ2n) is 12.3. The quantitative estimate of drug-likeness (QED) is 0.503. The molecule has 1 aromatic rings. The Labute approximate surface area is 218 Å². The van der Waals surface area contributed by atoms with Crippen molar-refractivity contribution in [1.29, 1.82) is 0 Å². The Hall–Kier alpha value is -2.35. The van der Waals surface area contributed by atoms with Gasteiger partial charge in [-0.3, -0.25) is 14.4 Å². The molecule has 1 aromatic carbocycles. The molecule has 7 heteroatoms. The van der Waals surface area contributed by atoms with Crippen molar-refractivity contribution >= 4 is 17.5 Å². The summed E-state index contributed by atoms with van der Waals surface area (Å²) in [5.74, 6) is -0.788. The first kappa shape index (κ1) is 26.3. The van der Waals surface area contributed by atoms with Crippen LogP contribution in [0.15, 0.2) is 42.0 Å². The minimum atomic E-state index is -1.67. The Balaban J connectivity index is 1.29. The Morgan fingerprint density at radius 1 is 1.14 bits per heavy atom. The summed E-state index contributed by atoms with van der Waals surface area (Å²) in [5.41, 5.74) is 5.34. The van der Waals surface area contributed by atoms with E-state index < -0.39 is 41.5 Å². The molecule has 0 amide bonds. The molecule has 3 fully saturated rings. The van der Waals surface area contributed by atoms with Crippen LogP contribution in [0.1, 0.15) is 64.4 Å². The number of aliphatic hydroxyl groups excluding tert-OH is 1. The van der Waals surface area contributed by atoms with Gasteiger partial charge in [-0.05, 0) is 79.8 Å². The smallest absolute Gasteiger partial charge is 0.323 e. The molecule has 8 atom stereocenters. The number of Topliss-reactive ketones (excluding diaryl/α,β-unsaturated/α-hetero) is 1. The van der Waals surface area contributed by atoms with Gasteiger partial charge in [0, 0.05) is 11.8 Å². The van der Waals surface area contributed by atoms with Crippen LogP contribution in [0, 0.1) is 28.6 Å². The van der Waals surface area contributed by atoms with Crippen LogP contribution < -0.4 is 5.73 Å². The van der Waals surface area contributed by atoms with Crippen LogP contribution in [0.4, 0.5) is 0 Å². The normalized spacial score (nSPS) is 39.6. The molecule has 0 aliphatic heterocycles. The highest BCUT2D eigenvalue weighted by Crippen LogP contribution is 2.67. The number of fused-ring (bicyclic) bond motifs is 5. The van der Waals surface area contributed by atoms with E-state index in [0.29, 0.717) is 25.7 Å². The number of benzene rings is 1. The van der Waals surface area contributed by atoms with Crippen LogP contribution >= 0.6 is 0 Å². The molecule has 4 aliphatic carbocycles. The van der Waals surface area contributed by atoms with E-state index in [0.717, 1.165) is 30.4 Å². The van der Waals surface area contributed by atoms with Crippen molar-refractivity contribution in [2.75, 3.05) is 6.61 Å². The van der Waals surface area contributed by atoms with Crippen LogP contribution in [0.5, 0.6) is 0 Å². The predicted molar refractivity (Wildman–Crippen MR) is 137 cm³/mol. The van der Waals surface area contributed by atoms with Gasteiger partial charge in [-0.15, -0.1) is 0 Å². The van der Waals surface area contributed by atoms with Gasteiger partial charge >= 0.3 is 5.97 Å². The number of aliphatic hydroxyl groups is 2. The van der Waals surface area contributed by atoms with E-state index in [1.807, 2.05) is 37.3 Å². The third-order valence-corrected chi connectivity index (χ3v) is 10.5. The van der Waals surface area contributed by atoms with Crippen LogP contribution in [0.3, 0.4) is 0 Å². The van der Waals surface area contributed by atoms with Crippen molar-refractivity contribution in [2.24, 2.45) is 34.3 Å². The SMILES string of the molecule is CC12CCC(=O)C=C1CCC1C2C(O)CC2(C)C1CCC2(O)C(=O)COC(=O)C(N)Cc1ccccc1. The van der Waals surface area contributed by atoms with E-state index in [1.54, 1.807) is 6.08 Å². The van der Waals surface area contributed by atoms with Crippen LogP contribution in [-0.4, -0.2) is 52.1 Å². The maximum atomic E-state index is 13.4. The number of nitrogens with two attached hydrogens (primary N) is 1. The van der Waals surface area contributed by atoms with Crippen molar-refractivity contribution < 1.29 is 29.3 Å². The number of hydrogen-bond acceptors (Lipinski definition) is 7. The van der Waals surface area contributed by atoms with Crippen LogP contribution in [0.25, 0.3) is 0 Å². The summed E-state index contributed by atoms with van der Waals surface area (Å²) in [7, 11) is 0. The number of esters is 1. The molecule has 4 aliphatic rings. The molecule has 0 saturated heterocycles. The monoisotopic (exact) mass is 509 g/mol. The average Bonchev–Trinajstić information content (AvgIpc) is 3.14. The number of carbonyl (C=O) groups is 3. The third-order valence-electron chi connectivity index (χ3n) is 10.5. The summed E-state index contributed by atoms with van der Waals surface area (Å²) in [6, 6.07) is 8.46. The molecular formula is C30H39NO6. The second-order valence-corrected chi connectivity index (χ2v) is 12.3. The average molecular weight is 510 g/mol. The zero-order valence-corrected chi connectivity index (χ0v) is 21.8. The van der Waals surface area contributed by atoms with E-state index in [-0.39, 0.29) is 35.4 Å². The summed E-state index contributed by atoms with van der Waals surface area (Å²) in [5, 5.41) is 23.3. The fourth-order valence-electron chi connectivity index (χ4n) is 8.46. The summed E-state index contributed by atoms with van der Waals surface area (Å²) in [6.07, 6.45) is 5.57. The van der Waals surface area contributed by atoms with E-state index in [4.69, 9.17) is 10.5 Å². The molecule has 7 nitrogen and oxygen atoms in total. The van der Waals surface area contributed by atoms with Crippen LogP contribution in [0.2, 0.25) is 0 Å². The minimum Gasteiger partial charge on any atom is -0.456 e. The van der Waals surface area contributed by atoms with E-state index in [1.165, 1.54) is 0 Å². The highest BCUT2D eigenvalue weighted by Gasteiger charge is 2.68. The number of ether oxygens (including phenoxy) is 1. The van der Waals surface area contributed by atoms with E-state index in [9.17, 15) is 24.6 Å². The van der Waals surface area contributed by atoms with Gasteiger partial charge in [-0.25, -0.2) is 0 Å². The molecular weight excluding hydrogens is 470 g/mol. The van der Waals surface area contributed by atoms with Crippen molar-refractivity contribution in [3.05, 3.63) is 47.5 Å². The maximum Gasteiger partial charge on any atom is 0.323 e. The lowest BCUT2D eigenvalue weighted by molar-refractivity contribution is -0.184. The predicted octanol–water partition coefficient (Wildman–Crippen LogP) is 2.90. The number of rotatable bonds is 6. The second kappa shape index (κ2) is 9.44. The summed E-state index contributed by atoms with van der Waals surface area (Å²) in [4.78, 5) is 38.0. The fraction of sp³-hybridized carbons (Fsp3) is 0.633. The molecule has 0 spiro atoms. The Kier molecular flexibility index (Phi) is 6.70. The number of allylic oxidation sites excluding steroid dienone is 1. The van der Waals surface area contributed by atoms with Gasteiger partial charge < -0.3 is 20.7 Å². The van der Waals surface area contributed by atoms with Gasteiger partial charge in [0.05, 0.1) is 6.10 Å². The lowest BCUT2D eigenvalue weighted by Gasteiger charge is -2.60. The summed E-state index contributed by atoms with van der Waals surface area (Å²) >= 11 is 0. The van der Waals surface area contributed by atoms with Gasteiger partial charge in [0.15, 0.2) is 12.4 Å². The van der Waals surface area contributed by atoms with Crippen molar-refractivity contribution in [2.45, 2.75) is 83.0 Å². The zero-order valence-electron chi connectivity index (χ0n) is 21.8. The van der Waals surface area contributed by atoms with E-state index >= 15 is 0 Å². The maximum absolute atomic E-state index is 13.4. The van der Waals surface area contributed by atoms with Crippen molar-refractivity contribution in [3.63, 3.8) is 0 Å². The first-order valence-corrected chi connectivity index (χ1v) is 13.6. The van der Waals surface area contributed by atoms with Crippen LogP contribution in [-0.2, 0) is 25.5 Å². The molecule has 200 valence electrons. The topological polar surface area (TPSA) is 127 Å². The van der Waals surface area contributed by atoms with Gasteiger partial charge in [0.25, 0.3) is 0 Å². The molecule has 0 aromatic heterocycles. The summed E-state index contributed by atoms with van der Waals surface area (Å²) < 4.78 is 5.30. The molecule has 0 heterocycles. The highest BCUT2D eigenvalue weighted by atomic mass is 16.5. The summed E-state index contributed by atoms with van der Waals surface area (Å²) in [6.45, 7) is 3.57. The number of hydrogen-bond donors (Lipinski definition) is 3. The molecule has 3 saturated carbocycles. The highest BCUT2D eigenvalue weighted by molar-refractivity contribution is 5.92. The molecule has 5 rings (SSSR count). The molecule has 37 heavy (non-hydrogen) atoms. The molecule has 0 bridgehead atoms. The Bertz CT molecular complexity index is 1120.